The molecule has 3 N–H and O–H groups in total. The maximum absolute atomic E-state index is 6.21. The van der Waals surface area contributed by atoms with E-state index in [0.29, 0.717) is 0 Å². The maximum Gasteiger partial charge on any atom is 0.203 e. The Morgan fingerprint density at radius 1 is 1.44 bits per heavy atom. The van der Waals surface area contributed by atoms with Gasteiger partial charge in [0.15, 0.2) is 0 Å². The molecule has 5 heteroatoms. The normalized spacial score (nSPS) is 21.9. The number of anilines is 1. The van der Waals surface area contributed by atoms with Crippen LogP contribution in [0.1, 0.15) is 29.9 Å². The number of hydrogen-bond acceptors (Lipinski definition) is 5. The second-order valence-electron chi connectivity index (χ2n) is 4.56. The lowest BCUT2D eigenvalue weighted by atomic mass is 10.1. The van der Waals surface area contributed by atoms with Gasteiger partial charge in [0.2, 0.25) is 5.13 Å². The van der Waals surface area contributed by atoms with Crippen molar-refractivity contribution in [2.45, 2.75) is 31.8 Å². The summed E-state index contributed by atoms with van der Waals surface area (Å²) in [4.78, 5) is 4.44. The number of nitrogens with one attached hydrogen (secondary N) is 1. The second-order valence-corrected chi connectivity index (χ2v) is 5.31. The second kappa shape index (κ2) is 4.66. The monoisotopic (exact) mass is 260 g/mol. The summed E-state index contributed by atoms with van der Waals surface area (Å²) in [6.07, 6.45) is 1.79. The van der Waals surface area contributed by atoms with Gasteiger partial charge in [0.1, 0.15) is 5.82 Å². The van der Waals surface area contributed by atoms with Gasteiger partial charge in [-0.1, -0.05) is 31.2 Å². The Bertz CT molecular complexity index is 551. The zero-order valence-corrected chi connectivity index (χ0v) is 11.1. The minimum Gasteiger partial charge on any atom is -0.352 e. The van der Waals surface area contributed by atoms with Crippen LogP contribution in [-0.4, -0.2) is 15.4 Å². The maximum atomic E-state index is 6.21. The molecule has 1 heterocycles. The summed E-state index contributed by atoms with van der Waals surface area (Å²) < 4.78 is 4.28. The number of benzene rings is 1. The zero-order chi connectivity index (χ0) is 12.5. The molecule has 2 atom stereocenters. The van der Waals surface area contributed by atoms with Gasteiger partial charge in [-0.2, -0.15) is 4.37 Å². The van der Waals surface area contributed by atoms with Gasteiger partial charge < -0.3 is 11.1 Å². The summed E-state index contributed by atoms with van der Waals surface area (Å²) in [6, 6.07) is 8.67. The predicted octanol–water partition coefficient (Wildman–Crippen LogP) is 2.14. The van der Waals surface area contributed by atoms with Gasteiger partial charge in [0, 0.05) is 24.0 Å². The summed E-state index contributed by atoms with van der Waals surface area (Å²) in [5.74, 6) is 0.891. The van der Waals surface area contributed by atoms with Crippen molar-refractivity contribution in [2.75, 3.05) is 5.32 Å². The van der Waals surface area contributed by atoms with E-state index < -0.39 is 0 Å². The Labute approximate surface area is 110 Å². The van der Waals surface area contributed by atoms with Crippen molar-refractivity contribution in [3.8, 4) is 0 Å². The average molecular weight is 260 g/mol. The molecule has 0 spiro atoms. The largest absolute Gasteiger partial charge is 0.352 e. The van der Waals surface area contributed by atoms with E-state index in [-0.39, 0.29) is 12.1 Å². The third kappa shape index (κ3) is 2.00. The van der Waals surface area contributed by atoms with E-state index in [0.717, 1.165) is 23.8 Å². The van der Waals surface area contributed by atoms with Crippen LogP contribution >= 0.6 is 11.5 Å². The van der Waals surface area contributed by atoms with E-state index >= 15 is 0 Å². The molecule has 1 aliphatic carbocycles. The molecule has 0 fully saturated rings. The van der Waals surface area contributed by atoms with Crippen LogP contribution in [0.15, 0.2) is 24.3 Å². The van der Waals surface area contributed by atoms with Crippen LogP contribution in [0.5, 0.6) is 0 Å². The van der Waals surface area contributed by atoms with Crippen molar-refractivity contribution in [2.24, 2.45) is 5.73 Å². The number of aromatic nitrogens is 2. The van der Waals surface area contributed by atoms with Crippen molar-refractivity contribution in [3.63, 3.8) is 0 Å². The molecule has 1 aliphatic rings. The molecule has 0 aliphatic heterocycles. The molecule has 2 aromatic rings. The van der Waals surface area contributed by atoms with Gasteiger partial charge >= 0.3 is 0 Å². The minimum atomic E-state index is 0.108. The fourth-order valence-corrected chi connectivity index (χ4v) is 3.09. The van der Waals surface area contributed by atoms with Crippen LogP contribution < -0.4 is 11.1 Å². The first kappa shape index (κ1) is 11.6. The van der Waals surface area contributed by atoms with Gasteiger partial charge in [-0.3, -0.25) is 0 Å². The van der Waals surface area contributed by atoms with Crippen molar-refractivity contribution < 1.29 is 0 Å². The van der Waals surface area contributed by atoms with Crippen molar-refractivity contribution in [1.29, 1.82) is 0 Å². The molecule has 18 heavy (non-hydrogen) atoms. The first-order valence-corrected chi connectivity index (χ1v) is 6.97. The van der Waals surface area contributed by atoms with Crippen LogP contribution in [0.25, 0.3) is 0 Å². The fraction of sp³-hybridized carbons (Fsp3) is 0.385. The summed E-state index contributed by atoms with van der Waals surface area (Å²) in [5, 5.41) is 4.29. The molecule has 0 amide bonds. The molecule has 0 saturated heterocycles. The van der Waals surface area contributed by atoms with Crippen LogP contribution in [0.2, 0.25) is 0 Å². The topological polar surface area (TPSA) is 63.8 Å². The molecule has 1 aromatic carbocycles. The highest BCUT2D eigenvalue weighted by molar-refractivity contribution is 7.09. The quantitative estimate of drug-likeness (QED) is 0.887. The van der Waals surface area contributed by atoms with Crippen LogP contribution in [0.4, 0.5) is 5.13 Å². The van der Waals surface area contributed by atoms with Gasteiger partial charge in [-0.05, 0) is 17.5 Å². The lowest BCUT2D eigenvalue weighted by molar-refractivity contribution is 0.625. The molecule has 0 radical (unpaired) electrons. The molecule has 0 saturated carbocycles. The molecular formula is C13H16N4S. The smallest absolute Gasteiger partial charge is 0.203 e. The van der Waals surface area contributed by atoms with E-state index in [1.165, 1.54) is 22.7 Å². The first-order valence-electron chi connectivity index (χ1n) is 6.20. The minimum absolute atomic E-state index is 0.108. The van der Waals surface area contributed by atoms with E-state index in [4.69, 9.17) is 5.73 Å². The Hall–Kier alpha value is -1.46. The third-order valence-corrected chi connectivity index (χ3v) is 4.02. The van der Waals surface area contributed by atoms with Gasteiger partial charge in [0.05, 0.1) is 6.04 Å². The summed E-state index contributed by atoms with van der Waals surface area (Å²) >= 11 is 1.41. The van der Waals surface area contributed by atoms with Crippen molar-refractivity contribution in [3.05, 3.63) is 41.2 Å². The molecular weight excluding hydrogens is 244 g/mol. The number of nitrogens with zero attached hydrogens (tertiary/aromatic N) is 2. The summed E-state index contributed by atoms with van der Waals surface area (Å²) in [7, 11) is 0. The van der Waals surface area contributed by atoms with Gasteiger partial charge in [-0.25, -0.2) is 4.98 Å². The zero-order valence-electron chi connectivity index (χ0n) is 10.3. The number of rotatable bonds is 3. The van der Waals surface area contributed by atoms with E-state index in [1.807, 2.05) is 0 Å². The predicted molar refractivity (Wildman–Crippen MR) is 73.8 cm³/mol. The SMILES string of the molecule is CCc1nsc(NC2c3ccccc3CC2N)n1. The average Bonchev–Trinajstić information content (AvgIpc) is 2.96. The number of hydrogen-bond donors (Lipinski definition) is 2. The summed E-state index contributed by atoms with van der Waals surface area (Å²) in [6.45, 7) is 2.06. The summed E-state index contributed by atoms with van der Waals surface area (Å²) in [5.41, 5.74) is 8.84. The molecule has 1 aromatic heterocycles. The Morgan fingerprint density at radius 2 is 2.28 bits per heavy atom. The fourth-order valence-electron chi connectivity index (χ4n) is 2.40. The first-order chi connectivity index (χ1) is 8.78. The number of aryl methyl sites for hydroxylation is 1. The Kier molecular flexibility index (Phi) is 3.01. The highest BCUT2D eigenvalue weighted by atomic mass is 32.1. The lowest BCUT2D eigenvalue weighted by Gasteiger charge is -2.17. The van der Waals surface area contributed by atoms with Crippen LogP contribution in [0, 0.1) is 0 Å². The van der Waals surface area contributed by atoms with E-state index in [2.05, 4.69) is 45.9 Å². The molecule has 3 rings (SSSR count). The van der Waals surface area contributed by atoms with Crippen molar-refractivity contribution in [1.82, 2.24) is 9.36 Å². The molecule has 2 unspecified atom stereocenters. The Balaban J connectivity index is 1.84. The number of fused-ring (bicyclic) bond motifs is 1. The van der Waals surface area contributed by atoms with Crippen LogP contribution in [-0.2, 0) is 12.8 Å². The molecule has 0 bridgehead atoms. The van der Waals surface area contributed by atoms with Gasteiger partial charge in [-0.15, -0.1) is 0 Å². The van der Waals surface area contributed by atoms with Crippen LogP contribution in [0.3, 0.4) is 0 Å². The van der Waals surface area contributed by atoms with E-state index in [1.54, 1.807) is 0 Å². The van der Waals surface area contributed by atoms with Gasteiger partial charge in [0.25, 0.3) is 0 Å². The van der Waals surface area contributed by atoms with Crippen molar-refractivity contribution >= 4 is 16.7 Å². The highest BCUT2D eigenvalue weighted by Crippen LogP contribution is 2.33. The highest BCUT2D eigenvalue weighted by Gasteiger charge is 2.30. The Morgan fingerprint density at radius 3 is 3.06 bits per heavy atom. The third-order valence-electron chi connectivity index (χ3n) is 3.34. The standard InChI is InChI=1S/C13H16N4S/c1-2-11-15-13(18-17-11)16-12-9-6-4-3-5-8(9)7-10(12)14/h3-6,10,12H,2,7,14H2,1H3,(H,15,16,17). The lowest BCUT2D eigenvalue weighted by Crippen LogP contribution is -2.29. The molecule has 4 nitrogen and oxygen atoms in total. The van der Waals surface area contributed by atoms with E-state index in [9.17, 15) is 0 Å². The number of nitrogens with two attached hydrogens (primary N) is 1. The molecule has 94 valence electrons.